The number of anilines is 1. The van der Waals surface area contributed by atoms with E-state index in [9.17, 15) is 4.79 Å². The largest absolute Gasteiger partial charge is 0.377 e. The first-order chi connectivity index (χ1) is 9.67. The zero-order valence-electron chi connectivity index (χ0n) is 11.2. The number of carbonyl (C=O) groups is 1. The Hall–Kier alpha value is -1.58. The Morgan fingerprint density at radius 2 is 2.45 bits per heavy atom. The van der Waals surface area contributed by atoms with Crippen LogP contribution in [0.25, 0.3) is 0 Å². The first kappa shape index (κ1) is 14.8. The van der Waals surface area contributed by atoms with Crippen molar-refractivity contribution in [1.29, 1.82) is 5.26 Å². The van der Waals surface area contributed by atoms with E-state index in [-0.39, 0.29) is 11.9 Å². The molecule has 1 aliphatic heterocycles. The van der Waals surface area contributed by atoms with E-state index in [1.807, 2.05) is 24.0 Å². The molecule has 0 saturated carbocycles. The molecule has 1 atom stereocenters. The molecule has 106 valence electrons. The number of likely N-dealkylation sites (N-methyl/N-ethyl adjacent to an activating group) is 1. The molecular formula is C14H16BrN3O2. The molecule has 0 radical (unpaired) electrons. The molecule has 20 heavy (non-hydrogen) atoms. The standard InChI is InChI=1S/C14H16BrN3O2/c1-2-17-14(19)13-9-20-6-5-18(13)11-4-3-10(8-16)12(15)7-11/h3-4,7,13H,2,5-6,9H2,1H3,(H,17,19). The van der Waals surface area contributed by atoms with Crippen LogP contribution in [0.2, 0.25) is 0 Å². The molecule has 6 heteroatoms. The molecule has 0 aromatic heterocycles. The highest BCUT2D eigenvalue weighted by atomic mass is 79.9. The minimum Gasteiger partial charge on any atom is -0.377 e. The highest BCUT2D eigenvalue weighted by Gasteiger charge is 2.29. The number of nitriles is 1. The zero-order valence-corrected chi connectivity index (χ0v) is 12.8. The van der Waals surface area contributed by atoms with E-state index in [0.29, 0.717) is 31.9 Å². The minimum atomic E-state index is -0.330. The van der Waals surface area contributed by atoms with Crippen LogP contribution in [0.3, 0.4) is 0 Å². The molecule has 1 aliphatic rings. The van der Waals surface area contributed by atoms with Crippen LogP contribution in [0.15, 0.2) is 22.7 Å². The SMILES string of the molecule is CCNC(=O)C1COCCN1c1ccc(C#N)c(Br)c1. The van der Waals surface area contributed by atoms with Gasteiger partial charge in [0.25, 0.3) is 0 Å². The summed E-state index contributed by atoms with van der Waals surface area (Å²) in [6.45, 7) is 4.11. The Labute approximate surface area is 126 Å². The van der Waals surface area contributed by atoms with Crippen LogP contribution < -0.4 is 10.2 Å². The lowest BCUT2D eigenvalue weighted by atomic mass is 10.1. The summed E-state index contributed by atoms with van der Waals surface area (Å²) in [5, 5.41) is 11.8. The third-order valence-corrected chi connectivity index (χ3v) is 3.84. The Bertz CT molecular complexity index is 542. The summed E-state index contributed by atoms with van der Waals surface area (Å²) in [5.74, 6) is -0.0346. The van der Waals surface area contributed by atoms with Crippen LogP contribution in [0, 0.1) is 11.3 Å². The first-order valence-corrected chi connectivity index (χ1v) is 7.28. The van der Waals surface area contributed by atoms with E-state index < -0.39 is 0 Å². The second-order valence-corrected chi connectivity index (χ2v) is 5.31. The smallest absolute Gasteiger partial charge is 0.245 e. The van der Waals surface area contributed by atoms with Gasteiger partial charge in [0.15, 0.2) is 0 Å². The Kier molecular flexibility index (Phi) is 4.99. The lowest BCUT2D eigenvalue weighted by molar-refractivity contribution is -0.124. The highest BCUT2D eigenvalue weighted by molar-refractivity contribution is 9.10. The third kappa shape index (κ3) is 3.11. The van der Waals surface area contributed by atoms with Crippen LogP contribution in [0.4, 0.5) is 5.69 Å². The molecule has 5 nitrogen and oxygen atoms in total. The molecule has 2 rings (SSSR count). The fourth-order valence-electron chi connectivity index (χ4n) is 2.20. The van der Waals surface area contributed by atoms with E-state index in [1.165, 1.54) is 0 Å². The van der Waals surface area contributed by atoms with Crippen molar-refractivity contribution in [1.82, 2.24) is 5.32 Å². The van der Waals surface area contributed by atoms with Gasteiger partial charge in [-0.2, -0.15) is 5.26 Å². The molecule has 0 aliphatic carbocycles. The number of nitrogens with one attached hydrogen (secondary N) is 1. The Morgan fingerprint density at radius 1 is 1.65 bits per heavy atom. The zero-order chi connectivity index (χ0) is 14.5. The second-order valence-electron chi connectivity index (χ2n) is 4.45. The van der Waals surface area contributed by atoms with Gasteiger partial charge in [0.1, 0.15) is 12.1 Å². The Balaban J connectivity index is 2.26. The number of nitrogens with zero attached hydrogens (tertiary/aromatic N) is 2. The maximum absolute atomic E-state index is 12.1. The van der Waals surface area contributed by atoms with Crippen molar-refractivity contribution in [2.75, 3.05) is 31.2 Å². The Morgan fingerprint density at radius 3 is 3.10 bits per heavy atom. The molecule has 1 heterocycles. The van der Waals surface area contributed by atoms with Gasteiger partial charge in [-0.25, -0.2) is 0 Å². The molecule has 0 bridgehead atoms. The number of amides is 1. The summed E-state index contributed by atoms with van der Waals surface area (Å²) >= 11 is 3.38. The summed E-state index contributed by atoms with van der Waals surface area (Å²) in [4.78, 5) is 14.1. The van der Waals surface area contributed by atoms with Gasteiger partial charge in [-0.1, -0.05) is 0 Å². The third-order valence-electron chi connectivity index (χ3n) is 3.19. The van der Waals surface area contributed by atoms with Crippen LogP contribution in [0.5, 0.6) is 0 Å². The average molecular weight is 338 g/mol. The molecule has 1 saturated heterocycles. The highest BCUT2D eigenvalue weighted by Crippen LogP contribution is 2.26. The number of ether oxygens (including phenoxy) is 1. The molecule has 1 N–H and O–H groups in total. The lowest BCUT2D eigenvalue weighted by Gasteiger charge is -2.36. The van der Waals surface area contributed by atoms with E-state index in [4.69, 9.17) is 10.00 Å². The summed E-state index contributed by atoms with van der Waals surface area (Å²) in [5.41, 5.74) is 1.49. The maximum atomic E-state index is 12.1. The fourth-order valence-corrected chi connectivity index (χ4v) is 2.65. The van der Waals surface area contributed by atoms with Gasteiger partial charge in [0.2, 0.25) is 5.91 Å². The molecule has 1 aromatic rings. The summed E-state index contributed by atoms with van der Waals surface area (Å²) in [7, 11) is 0. The van der Waals surface area contributed by atoms with Crippen LogP contribution in [0.1, 0.15) is 12.5 Å². The number of hydrogen-bond acceptors (Lipinski definition) is 4. The topological polar surface area (TPSA) is 65.4 Å². The molecule has 0 spiro atoms. The van der Waals surface area contributed by atoms with Crippen molar-refractivity contribution in [3.63, 3.8) is 0 Å². The first-order valence-electron chi connectivity index (χ1n) is 6.49. The molecule has 1 unspecified atom stereocenters. The predicted octanol–water partition coefficient (Wildman–Crippen LogP) is 1.66. The molecular weight excluding hydrogens is 322 g/mol. The number of morpholine rings is 1. The van der Waals surface area contributed by atoms with Gasteiger partial charge in [0.05, 0.1) is 18.8 Å². The lowest BCUT2D eigenvalue weighted by Crippen LogP contribution is -2.54. The van der Waals surface area contributed by atoms with Gasteiger partial charge in [-0.15, -0.1) is 0 Å². The molecule has 1 fully saturated rings. The number of rotatable bonds is 3. The summed E-state index contributed by atoms with van der Waals surface area (Å²) in [6.07, 6.45) is 0. The van der Waals surface area contributed by atoms with Crippen molar-refractivity contribution in [3.8, 4) is 6.07 Å². The van der Waals surface area contributed by atoms with Crippen molar-refractivity contribution in [2.24, 2.45) is 0 Å². The van der Waals surface area contributed by atoms with Gasteiger partial charge < -0.3 is 15.0 Å². The van der Waals surface area contributed by atoms with Crippen molar-refractivity contribution in [2.45, 2.75) is 13.0 Å². The van der Waals surface area contributed by atoms with Crippen molar-refractivity contribution < 1.29 is 9.53 Å². The van der Waals surface area contributed by atoms with Crippen LogP contribution in [-0.2, 0) is 9.53 Å². The average Bonchev–Trinajstić information content (AvgIpc) is 2.47. The molecule has 1 amide bonds. The van der Waals surface area contributed by atoms with E-state index >= 15 is 0 Å². The number of benzene rings is 1. The van der Waals surface area contributed by atoms with E-state index in [1.54, 1.807) is 6.07 Å². The fraction of sp³-hybridized carbons (Fsp3) is 0.429. The van der Waals surface area contributed by atoms with E-state index in [0.717, 1.165) is 10.2 Å². The number of hydrogen-bond donors (Lipinski definition) is 1. The van der Waals surface area contributed by atoms with Crippen molar-refractivity contribution >= 4 is 27.5 Å². The quantitative estimate of drug-likeness (QED) is 0.910. The van der Waals surface area contributed by atoms with Crippen LogP contribution in [-0.4, -0.2) is 38.3 Å². The van der Waals surface area contributed by atoms with Crippen LogP contribution >= 0.6 is 15.9 Å². The monoisotopic (exact) mass is 337 g/mol. The van der Waals surface area contributed by atoms with Gasteiger partial charge in [0, 0.05) is 23.2 Å². The number of halogens is 1. The normalized spacial score (nSPS) is 18.4. The number of carbonyl (C=O) groups excluding carboxylic acids is 1. The van der Waals surface area contributed by atoms with Crippen molar-refractivity contribution in [3.05, 3.63) is 28.2 Å². The minimum absolute atomic E-state index is 0.0346. The summed E-state index contributed by atoms with van der Waals surface area (Å²) in [6, 6.07) is 7.27. The summed E-state index contributed by atoms with van der Waals surface area (Å²) < 4.78 is 6.14. The van der Waals surface area contributed by atoms with E-state index in [2.05, 4.69) is 27.3 Å². The van der Waals surface area contributed by atoms with Gasteiger partial charge in [-0.3, -0.25) is 4.79 Å². The van der Waals surface area contributed by atoms with Gasteiger partial charge >= 0.3 is 0 Å². The predicted molar refractivity (Wildman–Crippen MR) is 79.5 cm³/mol. The maximum Gasteiger partial charge on any atom is 0.245 e. The van der Waals surface area contributed by atoms with Gasteiger partial charge in [-0.05, 0) is 41.1 Å². The second kappa shape index (κ2) is 6.73. The molecule has 1 aromatic carbocycles.